The minimum atomic E-state index is 0.214. The molecule has 0 saturated carbocycles. The highest BCUT2D eigenvalue weighted by molar-refractivity contribution is 5.85. The van der Waals surface area contributed by atoms with Crippen LogP contribution in [-0.4, -0.2) is 11.6 Å². The van der Waals surface area contributed by atoms with Crippen LogP contribution in [0.4, 0.5) is 0 Å². The van der Waals surface area contributed by atoms with Gasteiger partial charge >= 0.3 is 0 Å². The fraction of sp³-hybridized carbons (Fsp3) is 0.222. The van der Waals surface area contributed by atoms with Gasteiger partial charge in [-0.1, -0.05) is 48.5 Å². The molecule has 0 radical (unpaired) electrons. The van der Waals surface area contributed by atoms with Gasteiger partial charge < -0.3 is 0 Å². The van der Waals surface area contributed by atoms with Crippen LogP contribution >= 0.6 is 0 Å². The Kier molecular flexibility index (Phi) is 3.46. The van der Waals surface area contributed by atoms with Crippen molar-refractivity contribution in [2.45, 2.75) is 25.7 Å². The molecular formula is C18H16O2. The van der Waals surface area contributed by atoms with Crippen molar-refractivity contribution in [2.24, 2.45) is 0 Å². The van der Waals surface area contributed by atoms with E-state index in [1.54, 1.807) is 0 Å². The second-order valence-corrected chi connectivity index (χ2v) is 5.42. The Hall–Kier alpha value is -2.22. The molecule has 0 aliphatic heterocycles. The topological polar surface area (TPSA) is 34.1 Å². The van der Waals surface area contributed by atoms with Crippen molar-refractivity contribution in [3.63, 3.8) is 0 Å². The van der Waals surface area contributed by atoms with Crippen LogP contribution in [0.5, 0.6) is 0 Å². The molecule has 0 spiro atoms. The van der Waals surface area contributed by atoms with E-state index in [4.69, 9.17) is 0 Å². The second kappa shape index (κ2) is 5.41. The van der Waals surface area contributed by atoms with Crippen LogP contribution in [-0.2, 0) is 35.3 Å². The highest BCUT2D eigenvalue weighted by Gasteiger charge is 2.11. The van der Waals surface area contributed by atoms with Crippen molar-refractivity contribution in [1.29, 1.82) is 0 Å². The van der Waals surface area contributed by atoms with Gasteiger partial charge in [0.2, 0.25) is 0 Å². The lowest BCUT2D eigenvalue weighted by Gasteiger charge is -2.09. The molecule has 0 amide bonds. The second-order valence-electron chi connectivity index (χ2n) is 5.42. The average molecular weight is 264 g/mol. The molecule has 2 heteroatoms. The zero-order chi connectivity index (χ0) is 13.9. The number of ketones is 2. The summed E-state index contributed by atoms with van der Waals surface area (Å²) in [4.78, 5) is 24.2. The van der Waals surface area contributed by atoms with E-state index in [1.165, 1.54) is 0 Å². The van der Waals surface area contributed by atoms with Crippen molar-refractivity contribution in [1.82, 2.24) is 0 Å². The number of Topliss-reactive ketones (excluding diaryl/α,β-unsaturated/α-hetero) is 2. The number of carbonyl (C=O) groups is 2. The van der Waals surface area contributed by atoms with Crippen LogP contribution in [0, 0.1) is 0 Å². The van der Waals surface area contributed by atoms with Gasteiger partial charge in [0.1, 0.15) is 11.6 Å². The average Bonchev–Trinajstić information content (AvgIpc) is 2.38. The summed E-state index contributed by atoms with van der Waals surface area (Å²) in [6, 6.07) is 15.6. The molecule has 0 N–H and O–H groups in total. The molecule has 20 heavy (non-hydrogen) atoms. The van der Waals surface area contributed by atoms with Crippen LogP contribution in [0.15, 0.2) is 48.5 Å². The monoisotopic (exact) mass is 264 g/mol. The normalized spacial score (nSPS) is 15.4. The van der Waals surface area contributed by atoms with E-state index < -0.39 is 0 Å². The van der Waals surface area contributed by atoms with Crippen LogP contribution in [0.2, 0.25) is 0 Å². The smallest absolute Gasteiger partial charge is 0.141 e. The first kappa shape index (κ1) is 12.8. The number of benzene rings is 2. The Balaban J connectivity index is 1.97. The predicted molar refractivity (Wildman–Crippen MR) is 77.7 cm³/mol. The number of hydrogen-bond acceptors (Lipinski definition) is 2. The van der Waals surface area contributed by atoms with Crippen LogP contribution in [0.3, 0.4) is 0 Å². The number of fused-ring (bicyclic) bond motifs is 4. The highest BCUT2D eigenvalue weighted by atomic mass is 16.1. The molecule has 100 valence electrons. The van der Waals surface area contributed by atoms with Gasteiger partial charge in [-0.2, -0.15) is 0 Å². The van der Waals surface area contributed by atoms with Gasteiger partial charge in [0, 0.05) is 25.7 Å². The van der Waals surface area contributed by atoms with E-state index in [0.717, 1.165) is 22.3 Å². The van der Waals surface area contributed by atoms with E-state index in [1.807, 2.05) is 48.5 Å². The molecule has 1 aliphatic rings. The van der Waals surface area contributed by atoms with Crippen molar-refractivity contribution in [3.8, 4) is 0 Å². The van der Waals surface area contributed by atoms with E-state index in [-0.39, 0.29) is 11.6 Å². The number of carbonyl (C=O) groups excluding carboxylic acids is 2. The lowest BCUT2D eigenvalue weighted by molar-refractivity contribution is -0.118. The number of rotatable bonds is 0. The first-order chi connectivity index (χ1) is 9.69. The van der Waals surface area contributed by atoms with Gasteiger partial charge in [-0.05, 0) is 22.3 Å². The maximum atomic E-state index is 12.1. The van der Waals surface area contributed by atoms with Crippen molar-refractivity contribution < 1.29 is 9.59 Å². The van der Waals surface area contributed by atoms with Crippen LogP contribution in [0.25, 0.3) is 0 Å². The molecule has 4 bridgehead atoms. The quantitative estimate of drug-likeness (QED) is 0.733. The zero-order valence-electron chi connectivity index (χ0n) is 11.3. The van der Waals surface area contributed by atoms with E-state index >= 15 is 0 Å². The van der Waals surface area contributed by atoms with E-state index in [9.17, 15) is 9.59 Å². The van der Waals surface area contributed by atoms with Crippen molar-refractivity contribution in [3.05, 3.63) is 70.8 Å². The summed E-state index contributed by atoms with van der Waals surface area (Å²) in [5, 5.41) is 0. The molecule has 0 atom stereocenters. The maximum Gasteiger partial charge on any atom is 0.141 e. The van der Waals surface area contributed by atoms with Gasteiger partial charge in [0.25, 0.3) is 0 Å². The molecule has 0 heterocycles. The summed E-state index contributed by atoms with van der Waals surface area (Å²) in [6.45, 7) is 0. The van der Waals surface area contributed by atoms with Gasteiger partial charge in [-0.15, -0.1) is 0 Å². The van der Waals surface area contributed by atoms with Gasteiger partial charge in [-0.25, -0.2) is 0 Å². The van der Waals surface area contributed by atoms with Crippen molar-refractivity contribution >= 4 is 11.6 Å². The van der Waals surface area contributed by atoms with Gasteiger partial charge in [0.05, 0.1) is 0 Å². The summed E-state index contributed by atoms with van der Waals surface area (Å²) >= 11 is 0. The van der Waals surface area contributed by atoms with Gasteiger partial charge in [-0.3, -0.25) is 9.59 Å². The van der Waals surface area contributed by atoms with Crippen LogP contribution in [0.1, 0.15) is 22.3 Å². The maximum absolute atomic E-state index is 12.1. The molecule has 2 nitrogen and oxygen atoms in total. The third kappa shape index (κ3) is 3.02. The fourth-order valence-electron chi connectivity index (χ4n) is 2.73. The molecule has 2 aromatic carbocycles. The molecule has 2 aromatic rings. The van der Waals surface area contributed by atoms with Gasteiger partial charge in [0.15, 0.2) is 0 Å². The Bertz CT molecular complexity index is 565. The molecule has 0 fully saturated rings. The summed E-state index contributed by atoms with van der Waals surface area (Å²) in [5.74, 6) is 0.428. The number of hydrogen-bond donors (Lipinski definition) is 0. The Morgan fingerprint density at radius 3 is 1.15 bits per heavy atom. The van der Waals surface area contributed by atoms with E-state index in [0.29, 0.717) is 25.7 Å². The summed E-state index contributed by atoms with van der Waals surface area (Å²) in [5.41, 5.74) is 3.99. The standard InChI is InChI=1S/C18H16O2/c19-17-9-13-3-1-4-14(7-13)10-18(20)12-16-6-2-5-15(8-16)11-17/h1-8H,9-12H2. The fourth-order valence-corrected chi connectivity index (χ4v) is 2.73. The molecule has 0 saturated heterocycles. The molecule has 1 aliphatic carbocycles. The third-order valence-electron chi connectivity index (χ3n) is 3.59. The van der Waals surface area contributed by atoms with Crippen molar-refractivity contribution in [2.75, 3.05) is 0 Å². The zero-order valence-corrected chi connectivity index (χ0v) is 11.3. The first-order valence-electron chi connectivity index (χ1n) is 6.88. The highest BCUT2D eigenvalue weighted by Crippen LogP contribution is 2.14. The first-order valence-corrected chi connectivity index (χ1v) is 6.88. The third-order valence-corrected chi connectivity index (χ3v) is 3.59. The summed E-state index contributed by atoms with van der Waals surface area (Å²) in [6.07, 6.45) is 1.75. The Morgan fingerprint density at radius 1 is 0.550 bits per heavy atom. The molecule has 0 unspecified atom stereocenters. The Morgan fingerprint density at radius 2 is 0.850 bits per heavy atom. The molecule has 3 rings (SSSR count). The summed E-state index contributed by atoms with van der Waals surface area (Å²) in [7, 11) is 0. The lowest BCUT2D eigenvalue weighted by atomic mass is 9.95. The van der Waals surface area contributed by atoms with Crippen LogP contribution < -0.4 is 0 Å². The summed E-state index contributed by atoms with van der Waals surface area (Å²) < 4.78 is 0. The molecule has 0 aromatic heterocycles. The predicted octanol–water partition coefficient (Wildman–Crippen LogP) is 2.71. The SMILES string of the molecule is O=C1Cc2cccc(c2)CC(=O)Cc2cccc(c2)C1. The van der Waals surface area contributed by atoms with E-state index in [2.05, 4.69) is 0 Å². The minimum Gasteiger partial charge on any atom is -0.299 e. The largest absolute Gasteiger partial charge is 0.299 e. The minimum absolute atomic E-state index is 0.214. The molecular weight excluding hydrogens is 248 g/mol. The lowest BCUT2D eigenvalue weighted by Crippen LogP contribution is -2.11. The Labute approximate surface area is 118 Å².